The molecule has 0 N–H and O–H groups in total. The molecule has 1 saturated heterocycles. The van der Waals surface area contributed by atoms with Crippen LogP contribution >= 0.6 is 0 Å². The smallest absolute Gasteiger partial charge is 0.333 e. The molecule has 0 aliphatic carbocycles. The van der Waals surface area contributed by atoms with E-state index in [4.69, 9.17) is 14.2 Å². The molecule has 30 heavy (non-hydrogen) atoms. The zero-order valence-electron chi connectivity index (χ0n) is 18.3. The van der Waals surface area contributed by atoms with Crippen molar-refractivity contribution in [3.8, 4) is 0 Å². The van der Waals surface area contributed by atoms with Crippen LogP contribution in [0, 0.1) is 5.92 Å². The predicted octanol–water partition coefficient (Wildman–Crippen LogP) is 5.21. The summed E-state index contributed by atoms with van der Waals surface area (Å²) < 4.78 is 22.6. The summed E-state index contributed by atoms with van der Waals surface area (Å²) in [7, 11) is 1.34. The van der Waals surface area contributed by atoms with Crippen molar-refractivity contribution >= 4 is 5.97 Å². The quantitative estimate of drug-likeness (QED) is 0.191. The van der Waals surface area contributed by atoms with Gasteiger partial charge in [-0.2, -0.15) is 0 Å². The van der Waals surface area contributed by atoms with Crippen LogP contribution in [0.1, 0.15) is 51.0 Å². The van der Waals surface area contributed by atoms with Gasteiger partial charge in [0.1, 0.15) is 6.10 Å². The van der Waals surface area contributed by atoms with Crippen molar-refractivity contribution < 1.29 is 23.7 Å². The lowest BCUT2D eigenvalue weighted by atomic mass is 9.94. The summed E-state index contributed by atoms with van der Waals surface area (Å²) in [4.78, 5) is 11.2. The van der Waals surface area contributed by atoms with Crippen molar-refractivity contribution in [2.24, 2.45) is 5.92 Å². The van der Waals surface area contributed by atoms with Gasteiger partial charge in [-0.25, -0.2) is 4.79 Å². The Labute approximate surface area is 181 Å². The summed E-state index contributed by atoms with van der Waals surface area (Å²) in [6.07, 6.45) is 10.7. The lowest BCUT2D eigenvalue weighted by molar-refractivity contribution is -0.135. The molecule has 0 unspecified atom stereocenters. The number of hydrogen-bond donors (Lipinski definition) is 0. The number of rotatable bonds is 13. The monoisotopic (exact) mass is 416 g/mol. The average molecular weight is 417 g/mol. The molecule has 1 aromatic rings. The summed E-state index contributed by atoms with van der Waals surface area (Å²) in [5.74, 6) is 0.0190. The van der Waals surface area contributed by atoms with Crippen LogP contribution in [0.25, 0.3) is 0 Å². The van der Waals surface area contributed by atoms with Crippen LogP contribution in [0.3, 0.4) is 0 Å². The number of carbonyl (C=O) groups excluding carboxylic acids is 1. The number of hydrogen-bond acceptors (Lipinski definition) is 5. The molecular formula is C25H36O5. The van der Waals surface area contributed by atoms with Crippen molar-refractivity contribution in [3.05, 3.63) is 60.9 Å². The van der Waals surface area contributed by atoms with Gasteiger partial charge in [-0.1, -0.05) is 43.3 Å². The van der Waals surface area contributed by atoms with Crippen molar-refractivity contribution in [1.29, 1.82) is 0 Å². The highest BCUT2D eigenvalue weighted by Crippen LogP contribution is 2.27. The molecule has 1 aliphatic heterocycles. The number of carbonyl (C=O) groups is 1. The van der Waals surface area contributed by atoms with Crippen LogP contribution in [-0.2, 0) is 30.3 Å². The third-order valence-corrected chi connectivity index (χ3v) is 5.25. The van der Waals surface area contributed by atoms with Crippen molar-refractivity contribution in [2.75, 3.05) is 13.7 Å². The van der Waals surface area contributed by atoms with E-state index in [-0.39, 0.29) is 18.3 Å². The Kier molecular flexibility index (Phi) is 11.3. The molecule has 1 fully saturated rings. The van der Waals surface area contributed by atoms with E-state index in [9.17, 15) is 4.79 Å². The van der Waals surface area contributed by atoms with E-state index in [1.165, 1.54) is 25.0 Å². The van der Waals surface area contributed by atoms with Gasteiger partial charge >= 0.3 is 5.97 Å². The van der Waals surface area contributed by atoms with Gasteiger partial charge in [0.25, 0.3) is 0 Å². The zero-order valence-corrected chi connectivity index (χ0v) is 18.3. The first-order chi connectivity index (χ1) is 14.6. The van der Waals surface area contributed by atoms with Gasteiger partial charge in [-0.15, -0.1) is 6.58 Å². The number of ether oxygens (including phenoxy) is 4. The van der Waals surface area contributed by atoms with Gasteiger partial charge in [0.05, 0.1) is 38.3 Å². The van der Waals surface area contributed by atoms with Gasteiger partial charge in [-0.3, -0.25) is 0 Å². The molecule has 1 heterocycles. The number of esters is 1. The highest BCUT2D eigenvalue weighted by molar-refractivity contribution is 5.81. The highest BCUT2D eigenvalue weighted by atomic mass is 16.5. The molecule has 166 valence electrons. The third kappa shape index (κ3) is 9.59. The second-order valence-corrected chi connectivity index (χ2v) is 8.00. The molecule has 1 aromatic carbocycles. The van der Waals surface area contributed by atoms with E-state index in [0.717, 1.165) is 38.7 Å². The largest absolute Gasteiger partial charge is 0.497 e. The molecule has 0 radical (unpaired) electrons. The van der Waals surface area contributed by atoms with E-state index in [1.54, 1.807) is 0 Å². The number of benzene rings is 1. The van der Waals surface area contributed by atoms with Crippen LogP contribution in [-0.4, -0.2) is 38.0 Å². The van der Waals surface area contributed by atoms with E-state index in [0.29, 0.717) is 18.9 Å². The zero-order chi connectivity index (χ0) is 21.6. The molecule has 0 bridgehead atoms. The maximum absolute atomic E-state index is 11.2. The highest BCUT2D eigenvalue weighted by Gasteiger charge is 2.26. The Morgan fingerprint density at radius 2 is 1.97 bits per heavy atom. The van der Waals surface area contributed by atoms with Crippen molar-refractivity contribution in [1.82, 2.24) is 0 Å². The minimum atomic E-state index is -0.426. The van der Waals surface area contributed by atoms with E-state index >= 15 is 0 Å². The van der Waals surface area contributed by atoms with Crippen LogP contribution in [0.5, 0.6) is 0 Å². The topological polar surface area (TPSA) is 54.0 Å². The molecular weight excluding hydrogens is 380 g/mol. The Bertz CT molecular complexity index is 642. The fraction of sp³-hybridized carbons (Fsp3) is 0.560. The lowest BCUT2D eigenvalue weighted by Crippen LogP contribution is -2.32. The van der Waals surface area contributed by atoms with Crippen molar-refractivity contribution in [2.45, 2.75) is 70.4 Å². The normalized spacial score (nSPS) is 21.1. The van der Waals surface area contributed by atoms with Crippen LogP contribution in [0.15, 0.2) is 55.3 Å². The fourth-order valence-corrected chi connectivity index (χ4v) is 3.76. The van der Waals surface area contributed by atoms with Gasteiger partial charge in [0.2, 0.25) is 0 Å². The molecule has 5 nitrogen and oxygen atoms in total. The van der Waals surface area contributed by atoms with Crippen LogP contribution < -0.4 is 0 Å². The SMILES string of the molecule is C=CC[C@@H](C[C@H]1CCC[C@@H](C[C@H](C)COCc2ccccc2)O1)O/C=C/C(=O)OC. The molecule has 0 spiro atoms. The maximum Gasteiger partial charge on any atom is 0.333 e. The first-order valence-corrected chi connectivity index (χ1v) is 10.9. The summed E-state index contributed by atoms with van der Waals surface area (Å²) in [5, 5.41) is 0. The Balaban J connectivity index is 1.72. The summed E-state index contributed by atoms with van der Waals surface area (Å²) in [6.45, 7) is 7.42. The molecule has 1 aliphatic rings. The van der Waals surface area contributed by atoms with Gasteiger partial charge in [-0.05, 0) is 37.2 Å². The van der Waals surface area contributed by atoms with Crippen LogP contribution in [0.4, 0.5) is 0 Å². The third-order valence-electron chi connectivity index (χ3n) is 5.25. The van der Waals surface area contributed by atoms with Gasteiger partial charge in [0, 0.05) is 19.4 Å². The average Bonchev–Trinajstić information content (AvgIpc) is 2.74. The summed E-state index contributed by atoms with van der Waals surface area (Å²) in [6, 6.07) is 10.3. The summed E-state index contributed by atoms with van der Waals surface area (Å²) >= 11 is 0. The molecule has 0 aromatic heterocycles. The number of methoxy groups -OCH3 is 1. The predicted molar refractivity (Wildman–Crippen MR) is 118 cm³/mol. The molecule has 5 heteroatoms. The fourth-order valence-electron chi connectivity index (χ4n) is 3.76. The minimum absolute atomic E-state index is 0.0567. The molecule has 2 rings (SSSR count). The Morgan fingerprint density at radius 1 is 1.23 bits per heavy atom. The maximum atomic E-state index is 11.2. The first kappa shape index (κ1) is 24.2. The van der Waals surface area contributed by atoms with E-state index in [2.05, 4.69) is 30.4 Å². The second-order valence-electron chi connectivity index (χ2n) is 8.00. The van der Waals surface area contributed by atoms with E-state index in [1.807, 2.05) is 24.3 Å². The summed E-state index contributed by atoms with van der Waals surface area (Å²) in [5.41, 5.74) is 1.20. The Hall–Kier alpha value is -2.11. The molecule has 0 amide bonds. The Morgan fingerprint density at radius 3 is 2.67 bits per heavy atom. The van der Waals surface area contributed by atoms with Crippen LogP contribution in [0.2, 0.25) is 0 Å². The molecule has 0 saturated carbocycles. The minimum Gasteiger partial charge on any atom is -0.497 e. The van der Waals surface area contributed by atoms with Gasteiger partial charge < -0.3 is 18.9 Å². The molecule has 4 atom stereocenters. The first-order valence-electron chi connectivity index (χ1n) is 10.9. The second kappa shape index (κ2) is 14.0. The standard InChI is InChI=1S/C25H36O5/c1-4-9-22(29-15-14-25(26)27-3)17-24-13-8-12-23(30-24)16-20(2)18-28-19-21-10-6-5-7-11-21/h4-7,10-11,14-15,20,22-24H,1,8-9,12-13,16-19H2,2-3H3/b15-14+/t20-,22-,23-,24+/m0/s1. The van der Waals surface area contributed by atoms with E-state index < -0.39 is 5.97 Å². The van der Waals surface area contributed by atoms with Crippen molar-refractivity contribution in [3.63, 3.8) is 0 Å². The lowest BCUT2D eigenvalue weighted by Gasteiger charge is -2.33. The van der Waals surface area contributed by atoms with Gasteiger partial charge in [0.15, 0.2) is 0 Å².